The number of amides is 1. The Labute approximate surface area is 181 Å². The molecule has 1 aliphatic heterocycles. The zero-order chi connectivity index (χ0) is 20.6. The van der Waals surface area contributed by atoms with Gasteiger partial charge in [-0.15, -0.1) is 0 Å². The van der Waals surface area contributed by atoms with Gasteiger partial charge in [-0.3, -0.25) is 9.69 Å². The minimum absolute atomic E-state index is 0.261. The summed E-state index contributed by atoms with van der Waals surface area (Å²) in [5, 5.41) is 3.49. The molecule has 29 heavy (non-hydrogen) atoms. The monoisotopic (exact) mass is 436 g/mol. The van der Waals surface area contributed by atoms with Gasteiger partial charge >= 0.3 is 0 Å². The van der Waals surface area contributed by atoms with Gasteiger partial charge in [-0.05, 0) is 49.7 Å². The van der Waals surface area contributed by atoms with Crippen molar-refractivity contribution in [3.8, 4) is 5.75 Å². The molecule has 1 N–H and O–H groups in total. The minimum atomic E-state index is -0.262. The predicted octanol–water partition coefficient (Wildman–Crippen LogP) is 4.41. The van der Waals surface area contributed by atoms with Crippen LogP contribution < -0.4 is 10.1 Å². The molecule has 1 saturated heterocycles. The molecule has 2 aromatic carbocycles. The van der Waals surface area contributed by atoms with E-state index in [1.54, 1.807) is 18.2 Å². The van der Waals surface area contributed by atoms with Gasteiger partial charge in [0.05, 0.1) is 15.6 Å². The molecular weight excluding hydrogens is 411 g/mol. The van der Waals surface area contributed by atoms with E-state index in [0.717, 1.165) is 43.9 Å². The van der Waals surface area contributed by atoms with Crippen molar-refractivity contribution in [3.05, 3.63) is 63.6 Å². The Bertz CT molecular complexity index is 825. The summed E-state index contributed by atoms with van der Waals surface area (Å²) < 4.78 is 11.3. The molecule has 5 nitrogen and oxygen atoms in total. The standard InChI is InChI=1S/C22H26Cl2N2O3/c1-26(17-8-11-28-12-9-17)10-13-29-18-5-2-4-16(14-18)15-25-22(27)19-6-3-7-20(23)21(19)24/h2-7,14,17H,8-13,15H2,1H3,(H,25,27). The third-order valence-electron chi connectivity index (χ3n) is 5.07. The Hall–Kier alpha value is -1.79. The van der Waals surface area contributed by atoms with E-state index >= 15 is 0 Å². The first-order chi connectivity index (χ1) is 14.0. The van der Waals surface area contributed by atoms with Crippen LogP contribution in [0, 0.1) is 0 Å². The molecule has 0 aliphatic carbocycles. The second kappa shape index (κ2) is 10.8. The maximum atomic E-state index is 12.4. The maximum Gasteiger partial charge on any atom is 0.253 e. The molecule has 0 spiro atoms. The van der Waals surface area contributed by atoms with Crippen molar-refractivity contribution in [2.24, 2.45) is 0 Å². The number of halogens is 2. The number of hydrogen-bond acceptors (Lipinski definition) is 4. The van der Waals surface area contributed by atoms with Crippen molar-refractivity contribution in [3.63, 3.8) is 0 Å². The van der Waals surface area contributed by atoms with Crippen molar-refractivity contribution < 1.29 is 14.3 Å². The molecule has 2 aromatic rings. The van der Waals surface area contributed by atoms with Gasteiger partial charge in [-0.25, -0.2) is 0 Å². The van der Waals surface area contributed by atoms with Crippen LogP contribution in [0.3, 0.4) is 0 Å². The topological polar surface area (TPSA) is 50.8 Å². The number of ether oxygens (including phenoxy) is 2. The Kier molecular flexibility index (Phi) is 8.19. The molecule has 156 valence electrons. The first-order valence-corrected chi connectivity index (χ1v) is 10.5. The summed E-state index contributed by atoms with van der Waals surface area (Å²) in [5.74, 6) is 0.528. The summed E-state index contributed by atoms with van der Waals surface area (Å²) in [6.07, 6.45) is 2.14. The largest absolute Gasteiger partial charge is 0.492 e. The predicted molar refractivity (Wildman–Crippen MR) is 116 cm³/mol. The quantitative estimate of drug-likeness (QED) is 0.665. The number of benzene rings is 2. The average molecular weight is 437 g/mol. The highest BCUT2D eigenvalue weighted by molar-refractivity contribution is 6.43. The van der Waals surface area contributed by atoms with Crippen molar-refractivity contribution in [1.82, 2.24) is 10.2 Å². The molecule has 0 bridgehead atoms. The van der Waals surface area contributed by atoms with Crippen molar-refractivity contribution in [2.45, 2.75) is 25.4 Å². The van der Waals surface area contributed by atoms with Crippen LogP contribution >= 0.6 is 23.2 Å². The van der Waals surface area contributed by atoms with Crippen LogP contribution in [0.2, 0.25) is 10.0 Å². The summed E-state index contributed by atoms with van der Waals surface area (Å²) in [7, 11) is 2.13. The number of nitrogens with one attached hydrogen (secondary N) is 1. The van der Waals surface area contributed by atoms with Crippen LogP contribution in [0.1, 0.15) is 28.8 Å². The number of nitrogens with zero attached hydrogens (tertiary/aromatic N) is 1. The lowest BCUT2D eigenvalue weighted by Gasteiger charge is -2.31. The van der Waals surface area contributed by atoms with Crippen molar-refractivity contribution in [2.75, 3.05) is 33.4 Å². The van der Waals surface area contributed by atoms with E-state index < -0.39 is 0 Å². The van der Waals surface area contributed by atoms with E-state index in [1.807, 2.05) is 24.3 Å². The summed E-state index contributed by atoms with van der Waals surface area (Å²) in [4.78, 5) is 14.7. The lowest BCUT2D eigenvalue weighted by atomic mass is 10.1. The van der Waals surface area contributed by atoms with E-state index in [9.17, 15) is 4.79 Å². The molecule has 1 heterocycles. The van der Waals surface area contributed by atoms with Crippen LogP contribution in [0.25, 0.3) is 0 Å². The molecule has 0 radical (unpaired) electrons. The van der Waals surface area contributed by atoms with Crippen LogP contribution in [0.4, 0.5) is 0 Å². The number of carbonyl (C=O) groups excluding carboxylic acids is 1. The van der Waals surface area contributed by atoms with Gasteiger partial charge in [0.2, 0.25) is 0 Å². The van der Waals surface area contributed by atoms with Gasteiger partial charge in [0.1, 0.15) is 12.4 Å². The number of rotatable bonds is 8. The first kappa shape index (κ1) is 21.9. The molecule has 0 saturated carbocycles. The van der Waals surface area contributed by atoms with Gasteiger partial charge in [0.15, 0.2) is 0 Å². The summed E-state index contributed by atoms with van der Waals surface area (Å²) in [5.41, 5.74) is 1.31. The molecule has 0 unspecified atom stereocenters. The molecule has 7 heteroatoms. The van der Waals surface area contributed by atoms with Gasteiger partial charge in [-0.1, -0.05) is 41.4 Å². The zero-order valence-electron chi connectivity index (χ0n) is 16.5. The van der Waals surface area contributed by atoms with Gasteiger partial charge < -0.3 is 14.8 Å². The van der Waals surface area contributed by atoms with Gasteiger partial charge in [-0.2, -0.15) is 0 Å². The fourth-order valence-electron chi connectivity index (χ4n) is 3.32. The van der Waals surface area contributed by atoms with Crippen molar-refractivity contribution in [1.29, 1.82) is 0 Å². The molecule has 1 fully saturated rings. The van der Waals surface area contributed by atoms with Crippen LogP contribution in [-0.2, 0) is 11.3 Å². The molecule has 1 aliphatic rings. The summed E-state index contributed by atoms with van der Waals surface area (Å²) in [6, 6.07) is 13.3. The third-order valence-corrected chi connectivity index (χ3v) is 5.89. The zero-order valence-corrected chi connectivity index (χ0v) is 18.0. The summed E-state index contributed by atoms with van der Waals surface area (Å²) in [6.45, 7) is 3.52. The molecule has 0 aromatic heterocycles. The molecule has 3 rings (SSSR count). The Morgan fingerprint density at radius 3 is 2.76 bits per heavy atom. The average Bonchev–Trinajstić information content (AvgIpc) is 2.75. The highest BCUT2D eigenvalue weighted by Crippen LogP contribution is 2.25. The Morgan fingerprint density at radius 1 is 1.21 bits per heavy atom. The fourth-order valence-corrected chi connectivity index (χ4v) is 3.70. The first-order valence-electron chi connectivity index (χ1n) is 9.76. The van der Waals surface area contributed by atoms with E-state index in [4.69, 9.17) is 32.7 Å². The SMILES string of the molecule is CN(CCOc1cccc(CNC(=O)c2cccc(Cl)c2Cl)c1)C1CCOCC1. The van der Waals surface area contributed by atoms with Crippen LogP contribution in [0.15, 0.2) is 42.5 Å². The summed E-state index contributed by atoms with van der Waals surface area (Å²) >= 11 is 12.1. The number of hydrogen-bond donors (Lipinski definition) is 1. The molecular formula is C22H26Cl2N2O3. The fraction of sp³-hybridized carbons (Fsp3) is 0.409. The van der Waals surface area contributed by atoms with E-state index in [0.29, 0.717) is 29.8 Å². The van der Waals surface area contributed by atoms with E-state index in [2.05, 4.69) is 17.3 Å². The normalized spacial score (nSPS) is 14.8. The smallest absolute Gasteiger partial charge is 0.253 e. The Morgan fingerprint density at radius 2 is 1.97 bits per heavy atom. The highest BCUT2D eigenvalue weighted by atomic mass is 35.5. The van der Waals surface area contributed by atoms with Gasteiger partial charge in [0.25, 0.3) is 5.91 Å². The van der Waals surface area contributed by atoms with Crippen LogP contribution in [-0.4, -0.2) is 50.3 Å². The molecule has 0 atom stereocenters. The van der Waals surface area contributed by atoms with E-state index in [-0.39, 0.29) is 10.9 Å². The lowest BCUT2D eigenvalue weighted by Crippen LogP contribution is -2.38. The van der Waals surface area contributed by atoms with Gasteiger partial charge in [0, 0.05) is 32.3 Å². The highest BCUT2D eigenvalue weighted by Gasteiger charge is 2.18. The lowest BCUT2D eigenvalue weighted by molar-refractivity contribution is 0.0392. The van der Waals surface area contributed by atoms with Crippen molar-refractivity contribution >= 4 is 29.1 Å². The second-order valence-corrected chi connectivity index (χ2v) is 7.89. The minimum Gasteiger partial charge on any atom is -0.492 e. The number of carbonyl (C=O) groups is 1. The maximum absolute atomic E-state index is 12.4. The van der Waals surface area contributed by atoms with E-state index in [1.165, 1.54) is 0 Å². The molecule has 1 amide bonds. The second-order valence-electron chi connectivity index (χ2n) is 7.10. The third kappa shape index (κ3) is 6.34. The number of likely N-dealkylation sites (N-methyl/N-ethyl adjacent to an activating group) is 1. The van der Waals surface area contributed by atoms with Crippen LogP contribution in [0.5, 0.6) is 5.75 Å². The Balaban J connectivity index is 1.47.